The van der Waals surface area contributed by atoms with Gasteiger partial charge in [0.15, 0.2) is 0 Å². The first kappa shape index (κ1) is 17.6. The van der Waals surface area contributed by atoms with Gasteiger partial charge >= 0.3 is 11.9 Å². The molecule has 0 radical (unpaired) electrons. The zero-order chi connectivity index (χ0) is 14.5. The van der Waals surface area contributed by atoms with Crippen LogP contribution in [0.5, 0.6) is 0 Å². The van der Waals surface area contributed by atoms with Crippen LogP contribution in [0, 0.1) is 0 Å². The van der Waals surface area contributed by atoms with Crippen LogP contribution in [0.25, 0.3) is 0 Å². The number of carbonyl (C=O) groups excluding carboxylic acids is 1. The highest BCUT2D eigenvalue weighted by atomic mass is 16.5. The van der Waals surface area contributed by atoms with Gasteiger partial charge in [0.2, 0.25) is 0 Å². The number of hydrogen-bond donors (Lipinski definition) is 2. The van der Waals surface area contributed by atoms with Gasteiger partial charge in [-0.25, -0.2) is 4.79 Å². The number of hydrogen-bond acceptors (Lipinski definition) is 5. The summed E-state index contributed by atoms with van der Waals surface area (Å²) in [5, 5.41) is 17.1. The largest absolute Gasteiger partial charge is 0.478 e. The predicted molar refractivity (Wildman–Crippen MR) is 68.7 cm³/mol. The van der Waals surface area contributed by atoms with Crippen molar-refractivity contribution >= 4 is 11.9 Å². The standard InChI is InChI=1S/C13H22O6/c1-11(13(16)17)10-12(15)19-9-5-4-8-18-7-3-2-6-14/h14H,1-10H2,(H,16,17). The SMILES string of the molecule is C=C(CC(=O)OCCCCOCCCCO)C(=O)O. The molecule has 0 aliphatic rings. The summed E-state index contributed by atoms with van der Waals surface area (Å²) in [6.45, 7) is 4.90. The van der Waals surface area contributed by atoms with Gasteiger partial charge < -0.3 is 19.7 Å². The fourth-order valence-electron chi connectivity index (χ4n) is 1.21. The minimum atomic E-state index is -1.19. The molecule has 0 aromatic heterocycles. The molecule has 0 saturated heterocycles. The van der Waals surface area contributed by atoms with Crippen molar-refractivity contribution in [2.75, 3.05) is 26.4 Å². The monoisotopic (exact) mass is 274 g/mol. The van der Waals surface area contributed by atoms with Crippen LogP contribution in [-0.2, 0) is 19.1 Å². The van der Waals surface area contributed by atoms with Gasteiger partial charge in [-0.15, -0.1) is 0 Å². The number of aliphatic carboxylic acids is 1. The first-order valence-corrected chi connectivity index (χ1v) is 6.33. The van der Waals surface area contributed by atoms with Gasteiger partial charge in [-0.2, -0.15) is 0 Å². The summed E-state index contributed by atoms with van der Waals surface area (Å²) < 4.78 is 10.2. The zero-order valence-electron chi connectivity index (χ0n) is 11.1. The highest BCUT2D eigenvalue weighted by Gasteiger charge is 2.10. The van der Waals surface area contributed by atoms with Crippen molar-refractivity contribution < 1.29 is 29.3 Å². The predicted octanol–water partition coefficient (Wildman–Crippen LogP) is 1.13. The van der Waals surface area contributed by atoms with Crippen LogP contribution in [0.4, 0.5) is 0 Å². The molecule has 0 spiro atoms. The molecule has 2 N–H and O–H groups in total. The number of carbonyl (C=O) groups is 2. The van der Waals surface area contributed by atoms with E-state index in [1.165, 1.54) is 0 Å². The Balaban J connectivity index is 3.32. The molecule has 0 aromatic carbocycles. The number of esters is 1. The van der Waals surface area contributed by atoms with Crippen molar-refractivity contribution in [1.82, 2.24) is 0 Å². The Morgan fingerprint density at radius 2 is 1.58 bits per heavy atom. The molecule has 0 unspecified atom stereocenters. The quantitative estimate of drug-likeness (QED) is 0.315. The van der Waals surface area contributed by atoms with E-state index in [2.05, 4.69) is 6.58 Å². The first-order chi connectivity index (χ1) is 9.07. The molecule has 0 heterocycles. The average Bonchev–Trinajstić information content (AvgIpc) is 2.36. The van der Waals surface area contributed by atoms with E-state index < -0.39 is 11.9 Å². The Hall–Kier alpha value is -1.40. The summed E-state index contributed by atoms with van der Waals surface area (Å²) in [4.78, 5) is 21.6. The molecule has 0 atom stereocenters. The summed E-state index contributed by atoms with van der Waals surface area (Å²) in [6.07, 6.45) is 2.73. The fraction of sp³-hybridized carbons (Fsp3) is 0.692. The molecule has 0 bridgehead atoms. The topological polar surface area (TPSA) is 93.1 Å². The van der Waals surface area contributed by atoms with Crippen LogP contribution in [0.15, 0.2) is 12.2 Å². The van der Waals surface area contributed by atoms with Gasteiger partial charge in [0.05, 0.1) is 13.0 Å². The number of carboxylic acid groups (broad SMARTS) is 1. The number of aliphatic hydroxyl groups excluding tert-OH is 1. The van der Waals surface area contributed by atoms with Crippen LogP contribution in [0.1, 0.15) is 32.1 Å². The van der Waals surface area contributed by atoms with Gasteiger partial charge in [-0.1, -0.05) is 6.58 Å². The smallest absolute Gasteiger partial charge is 0.331 e. The molecule has 0 aliphatic heterocycles. The second-order valence-electron chi connectivity index (χ2n) is 4.06. The van der Waals surface area contributed by atoms with Crippen LogP contribution in [0.3, 0.4) is 0 Å². The van der Waals surface area contributed by atoms with E-state index in [0.717, 1.165) is 19.3 Å². The number of ether oxygens (including phenoxy) is 2. The Kier molecular flexibility index (Phi) is 10.8. The molecule has 6 heteroatoms. The van der Waals surface area contributed by atoms with Crippen molar-refractivity contribution in [3.8, 4) is 0 Å². The van der Waals surface area contributed by atoms with Crippen molar-refractivity contribution in [3.05, 3.63) is 12.2 Å². The lowest BCUT2D eigenvalue weighted by Crippen LogP contribution is -2.11. The number of carboxylic acids is 1. The molecule has 0 fully saturated rings. The molecule has 6 nitrogen and oxygen atoms in total. The maximum absolute atomic E-state index is 11.2. The molecular weight excluding hydrogens is 252 g/mol. The van der Waals surface area contributed by atoms with E-state index in [9.17, 15) is 9.59 Å². The van der Waals surface area contributed by atoms with Crippen molar-refractivity contribution in [2.24, 2.45) is 0 Å². The molecule has 0 aromatic rings. The Morgan fingerprint density at radius 1 is 1.00 bits per heavy atom. The van der Waals surface area contributed by atoms with Gasteiger partial charge in [0.25, 0.3) is 0 Å². The molecule has 110 valence electrons. The number of aliphatic hydroxyl groups is 1. The second kappa shape index (κ2) is 11.7. The van der Waals surface area contributed by atoms with Gasteiger partial charge in [0, 0.05) is 25.4 Å². The normalized spacial score (nSPS) is 10.2. The van der Waals surface area contributed by atoms with Crippen molar-refractivity contribution in [2.45, 2.75) is 32.1 Å². The third kappa shape index (κ3) is 11.4. The molecule has 0 aliphatic carbocycles. The van der Waals surface area contributed by atoms with Crippen LogP contribution >= 0.6 is 0 Å². The maximum Gasteiger partial charge on any atom is 0.331 e. The molecule has 0 rings (SSSR count). The Bertz CT molecular complexity index is 287. The molecule has 19 heavy (non-hydrogen) atoms. The second-order valence-corrected chi connectivity index (χ2v) is 4.06. The minimum absolute atomic E-state index is 0.169. The summed E-state index contributed by atoms with van der Waals surface area (Å²) in [5.41, 5.74) is -0.169. The molecular formula is C13H22O6. The molecule has 0 amide bonds. The van der Waals surface area contributed by atoms with Crippen LogP contribution < -0.4 is 0 Å². The third-order valence-corrected chi connectivity index (χ3v) is 2.30. The summed E-state index contributed by atoms with van der Waals surface area (Å²) in [6, 6.07) is 0. The highest BCUT2D eigenvalue weighted by Crippen LogP contribution is 2.01. The van der Waals surface area contributed by atoms with Gasteiger partial charge in [0.1, 0.15) is 0 Å². The van der Waals surface area contributed by atoms with E-state index >= 15 is 0 Å². The lowest BCUT2D eigenvalue weighted by Gasteiger charge is -2.05. The van der Waals surface area contributed by atoms with E-state index in [1.54, 1.807) is 0 Å². The van der Waals surface area contributed by atoms with Gasteiger partial charge in [-0.3, -0.25) is 4.79 Å². The van der Waals surface area contributed by atoms with E-state index in [1.807, 2.05) is 0 Å². The lowest BCUT2D eigenvalue weighted by atomic mass is 10.2. The maximum atomic E-state index is 11.2. The minimum Gasteiger partial charge on any atom is -0.478 e. The summed E-state index contributed by atoms with van der Waals surface area (Å²) in [7, 11) is 0. The van der Waals surface area contributed by atoms with Gasteiger partial charge in [-0.05, 0) is 25.7 Å². The van der Waals surface area contributed by atoms with Crippen molar-refractivity contribution in [1.29, 1.82) is 0 Å². The summed E-state index contributed by atoms with van der Waals surface area (Å²) in [5.74, 6) is -1.76. The Labute approximate surface area is 113 Å². The van der Waals surface area contributed by atoms with E-state index in [4.69, 9.17) is 19.7 Å². The van der Waals surface area contributed by atoms with Crippen LogP contribution in [-0.4, -0.2) is 48.6 Å². The third-order valence-electron chi connectivity index (χ3n) is 2.30. The zero-order valence-corrected chi connectivity index (χ0v) is 11.1. The van der Waals surface area contributed by atoms with E-state index in [0.29, 0.717) is 19.6 Å². The fourth-order valence-corrected chi connectivity index (χ4v) is 1.21. The number of rotatable bonds is 12. The lowest BCUT2D eigenvalue weighted by molar-refractivity contribution is -0.145. The summed E-state index contributed by atoms with van der Waals surface area (Å²) >= 11 is 0. The van der Waals surface area contributed by atoms with E-state index in [-0.39, 0.29) is 25.2 Å². The number of unbranched alkanes of at least 4 members (excludes halogenated alkanes) is 2. The van der Waals surface area contributed by atoms with Crippen molar-refractivity contribution in [3.63, 3.8) is 0 Å². The average molecular weight is 274 g/mol. The highest BCUT2D eigenvalue weighted by molar-refractivity contribution is 5.91. The molecule has 0 saturated carbocycles. The Morgan fingerprint density at radius 3 is 2.16 bits per heavy atom. The first-order valence-electron chi connectivity index (χ1n) is 6.33. The van der Waals surface area contributed by atoms with Crippen LogP contribution in [0.2, 0.25) is 0 Å².